The number of esters is 1. The van der Waals surface area contributed by atoms with E-state index in [0.29, 0.717) is 11.8 Å². The van der Waals surface area contributed by atoms with Gasteiger partial charge in [-0.1, -0.05) is 19.1 Å². The Kier molecular flexibility index (Phi) is 4.06. The van der Waals surface area contributed by atoms with Gasteiger partial charge in [0.05, 0.1) is 0 Å². The molecule has 5 rings (SSSR count). The van der Waals surface area contributed by atoms with Crippen molar-refractivity contribution < 1.29 is 14.3 Å². The van der Waals surface area contributed by atoms with E-state index >= 15 is 0 Å². The van der Waals surface area contributed by atoms with Crippen LogP contribution in [0.25, 0.3) is 0 Å². The maximum absolute atomic E-state index is 12.4. The first-order chi connectivity index (χ1) is 11.6. The van der Waals surface area contributed by atoms with Crippen LogP contribution in [0.4, 0.5) is 0 Å². The molecule has 0 saturated heterocycles. The minimum atomic E-state index is -0.264. The highest BCUT2D eigenvalue weighted by Gasteiger charge is 2.57. The zero-order chi connectivity index (χ0) is 16.7. The average molecular weight is 328 g/mol. The van der Waals surface area contributed by atoms with Crippen LogP contribution in [0.15, 0.2) is 24.3 Å². The van der Waals surface area contributed by atoms with E-state index in [9.17, 15) is 4.79 Å². The van der Waals surface area contributed by atoms with Crippen molar-refractivity contribution in [2.24, 2.45) is 23.7 Å². The Morgan fingerprint density at radius 1 is 1.04 bits per heavy atom. The summed E-state index contributed by atoms with van der Waals surface area (Å²) < 4.78 is 11.6. The molecule has 0 spiro atoms. The summed E-state index contributed by atoms with van der Waals surface area (Å²) in [6.45, 7) is 4.31. The van der Waals surface area contributed by atoms with E-state index in [-0.39, 0.29) is 18.2 Å². The summed E-state index contributed by atoms with van der Waals surface area (Å²) in [7, 11) is 0. The molecule has 4 bridgehead atoms. The van der Waals surface area contributed by atoms with Gasteiger partial charge in [-0.3, -0.25) is 0 Å². The van der Waals surface area contributed by atoms with Crippen LogP contribution in [0.1, 0.15) is 51.5 Å². The highest BCUT2D eigenvalue weighted by atomic mass is 16.6. The minimum Gasteiger partial charge on any atom is -0.482 e. The molecule has 3 nitrogen and oxygen atoms in total. The number of carbonyl (C=O) groups excluding carboxylic acids is 1. The summed E-state index contributed by atoms with van der Waals surface area (Å²) in [5.74, 6) is 3.40. The van der Waals surface area contributed by atoms with Crippen LogP contribution in [0.3, 0.4) is 0 Å². The Morgan fingerprint density at radius 2 is 1.62 bits per heavy atom. The van der Waals surface area contributed by atoms with Gasteiger partial charge in [-0.2, -0.15) is 0 Å². The van der Waals surface area contributed by atoms with Crippen molar-refractivity contribution >= 4 is 5.97 Å². The Morgan fingerprint density at radius 3 is 2.17 bits per heavy atom. The van der Waals surface area contributed by atoms with E-state index in [1.807, 2.05) is 24.3 Å². The molecular formula is C21H28O3. The molecule has 0 amide bonds. The molecule has 0 aliphatic heterocycles. The zero-order valence-corrected chi connectivity index (χ0v) is 14.8. The lowest BCUT2D eigenvalue weighted by Gasteiger charge is -2.59. The molecule has 0 aromatic heterocycles. The van der Waals surface area contributed by atoms with Gasteiger partial charge in [-0.05, 0) is 86.8 Å². The highest BCUT2D eigenvalue weighted by Crippen LogP contribution is 2.59. The van der Waals surface area contributed by atoms with E-state index in [2.05, 4.69) is 13.8 Å². The molecule has 24 heavy (non-hydrogen) atoms. The minimum absolute atomic E-state index is 0.00730. The molecule has 130 valence electrons. The van der Waals surface area contributed by atoms with Crippen molar-refractivity contribution in [2.45, 2.75) is 58.0 Å². The summed E-state index contributed by atoms with van der Waals surface area (Å²) in [5, 5.41) is 0. The van der Waals surface area contributed by atoms with Crippen molar-refractivity contribution in [3.05, 3.63) is 29.8 Å². The Bertz CT molecular complexity index is 576. The van der Waals surface area contributed by atoms with E-state index in [4.69, 9.17) is 9.47 Å². The maximum atomic E-state index is 12.4. The molecule has 0 radical (unpaired) electrons. The second-order valence-electron chi connectivity index (χ2n) is 8.25. The SMILES string of the molecule is CCc1ccc(OCC(=O)OC2(C)C3CC4CC(C3)CC2C4)cc1. The van der Waals surface area contributed by atoms with Crippen LogP contribution < -0.4 is 4.74 Å². The fourth-order valence-corrected chi connectivity index (χ4v) is 5.53. The average Bonchev–Trinajstić information content (AvgIpc) is 2.58. The van der Waals surface area contributed by atoms with Gasteiger partial charge in [0, 0.05) is 0 Å². The van der Waals surface area contributed by atoms with E-state index in [0.717, 1.165) is 24.0 Å². The second kappa shape index (κ2) is 6.09. The number of carbonyl (C=O) groups is 1. The molecular weight excluding hydrogens is 300 g/mol. The molecule has 1 aromatic rings. The largest absolute Gasteiger partial charge is 0.482 e. The lowest BCUT2D eigenvalue weighted by Crippen LogP contribution is -2.58. The fraction of sp³-hybridized carbons (Fsp3) is 0.667. The van der Waals surface area contributed by atoms with Crippen LogP contribution in [0.5, 0.6) is 5.75 Å². The predicted octanol–water partition coefficient (Wildman–Crippen LogP) is 4.39. The first kappa shape index (κ1) is 16.0. The lowest BCUT2D eigenvalue weighted by molar-refractivity contribution is -0.204. The predicted molar refractivity (Wildman–Crippen MR) is 92.9 cm³/mol. The molecule has 0 heterocycles. The molecule has 4 aliphatic rings. The number of ether oxygens (including phenoxy) is 2. The van der Waals surface area contributed by atoms with Crippen LogP contribution >= 0.6 is 0 Å². The van der Waals surface area contributed by atoms with Crippen molar-refractivity contribution in [2.75, 3.05) is 6.61 Å². The molecule has 0 unspecified atom stereocenters. The van der Waals surface area contributed by atoms with Gasteiger partial charge in [0.2, 0.25) is 0 Å². The zero-order valence-electron chi connectivity index (χ0n) is 14.8. The van der Waals surface area contributed by atoms with E-state index < -0.39 is 0 Å². The summed E-state index contributed by atoms with van der Waals surface area (Å²) >= 11 is 0. The Labute approximate surface area is 144 Å². The molecule has 0 atom stereocenters. The summed E-state index contributed by atoms with van der Waals surface area (Å²) in [6.07, 6.45) is 7.40. The van der Waals surface area contributed by atoms with Crippen molar-refractivity contribution in [3.8, 4) is 5.75 Å². The van der Waals surface area contributed by atoms with E-state index in [1.165, 1.54) is 37.7 Å². The second-order valence-corrected chi connectivity index (χ2v) is 8.25. The number of hydrogen-bond acceptors (Lipinski definition) is 3. The normalized spacial score (nSPS) is 36.6. The van der Waals surface area contributed by atoms with Gasteiger partial charge >= 0.3 is 5.97 Å². The van der Waals surface area contributed by atoms with E-state index in [1.54, 1.807) is 0 Å². The monoisotopic (exact) mass is 328 g/mol. The van der Waals surface area contributed by atoms with Gasteiger partial charge in [-0.25, -0.2) is 4.79 Å². The van der Waals surface area contributed by atoms with Crippen LogP contribution in [-0.4, -0.2) is 18.2 Å². The summed E-state index contributed by atoms with van der Waals surface area (Å²) in [5.41, 5.74) is 1.01. The van der Waals surface area contributed by atoms with Gasteiger partial charge in [0.25, 0.3) is 0 Å². The quantitative estimate of drug-likeness (QED) is 0.752. The van der Waals surface area contributed by atoms with Crippen molar-refractivity contribution in [1.29, 1.82) is 0 Å². The Hall–Kier alpha value is -1.51. The highest BCUT2D eigenvalue weighted by molar-refractivity contribution is 5.71. The molecule has 4 fully saturated rings. The summed E-state index contributed by atoms with van der Waals surface area (Å²) in [4.78, 5) is 12.4. The molecule has 4 aliphatic carbocycles. The molecule has 0 N–H and O–H groups in total. The van der Waals surface area contributed by atoms with Crippen molar-refractivity contribution in [3.63, 3.8) is 0 Å². The maximum Gasteiger partial charge on any atom is 0.344 e. The third-order valence-electron chi connectivity index (χ3n) is 6.78. The molecule has 4 saturated carbocycles. The van der Waals surface area contributed by atoms with Gasteiger partial charge < -0.3 is 9.47 Å². The Balaban J connectivity index is 1.35. The third kappa shape index (κ3) is 2.82. The van der Waals surface area contributed by atoms with Gasteiger partial charge in [0.1, 0.15) is 11.4 Å². The fourth-order valence-electron chi connectivity index (χ4n) is 5.53. The third-order valence-corrected chi connectivity index (χ3v) is 6.78. The molecule has 1 aromatic carbocycles. The number of rotatable bonds is 5. The summed E-state index contributed by atoms with van der Waals surface area (Å²) in [6, 6.07) is 7.94. The topological polar surface area (TPSA) is 35.5 Å². The number of aryl methyl sites for hydroxylation is 1. The smallest absolute Gasteiger partial charge is 0.344 e. The van der Waals surface area contributed by atoms with Gasteiger partial charge in [0.15, 0.2) is 6.61 Å². The van der Waals surface area contributed by atoms with Crippen LogP contribution in [0.2, 0.25) is 0 Å². The van der Waals surface area contributed by atoms with Gasteiger partial charge in [-0.15, -0.1) is 0 Å². The molecule has 3 heteroatoms. The first-order valence-electron chi connectivity index (χ1n) is 9.50. The number of hydrogen-bond donors (Lipinski definition) is 0. The standard InChI is InChI=1S/C21H28O3/c1-3-14-4-6-19(7-5-14)23-13-20(22)24-21(2)17-9-15-8-16(11-17)12-18(21)10-15/h4-7,15-18H,3,8-13H2,1-2H3. The first-order valence-corrected chi connectivity index (χ1v) is 9.50. The van der Waals surface area contributed by atoms with Crippen molar-refractivity contribution in [1.82, 2.24) is 0 Å². The van der Waals surface area contributed by atoms with Crippen LogP contribution in [-0.2, 0) is 16.0 Å². The van der Waals surface area contributed by atoms with Crippen LogP contribution in [0, 0.1) is 23.7 Å². The number of benzene rings is 1. The lowest BCUT2D eigenvalue weighted by atomic mass is 9.50.